The van der Waals surface area contributed by atoms with Gasteiger partial charge in [-0.2, -0.15) is 0 Å². The van der Waals surface area contributed by atoms with E-state index in [1.54, 1.807) is 0 Å². The minimum Gasteiger partial charge on any atom is -0.102 e. The van der Waals surface area contributed by atoms with Crippen LogP contribution in [0.15, 0.2) is 24.8 Å². The highest BCUT2D eigenvalue weighted by Crippen LogP contribution is 2.25. The Labute approximate surface area is 93.0 Å². The predicted octanol–water partition coefficient (Wildman–Crippen LogP) is 3.96. The molecule has 1 atom stereocenters. The molecule has 1 aromatic carbocycles. The SMILES string of the molecule is C=CC(C)c1c(C)cc(C#CC)cc1C. The standard InChI is InChI=1S/C15H18/c1-6-8-14-9-12(4)15(11(3)7-2)13(5)10-14/h7,9-11H,2H2,1,3-5H3. The van der Waals surface area contributed by atoms with Crippen LogP contribution in [0.2, 0.25) is 0 Å². The minimum atomic E-state index is 0.411. The van der Waals surface area contributed by atoms with Crippen molar-refractivity contribution in [1.29, 1.82) is 0 Å². The quantitative estimate of drug-likeness (QED) is 0.498. The van der Waals surface area contributed by atoms with Gasteiger partial charge in [0.15, 0.2) is 0 Å². The van der Waals surface area contributed by atoms with E-state index in [1.165, 1.54) is 16.7 Å². The van der Waals surface area contributed by atoms with Crippen molar-refractivity contribution >= 4 is 0 Å². The lowest BCUT2D eigenvalue weighted by Gasteiger charge is -2.14. The smallest absolute Gasteiger partial charge is 0.0250 e. The molecule has 0 heteroatoms. The molecular weight excluding hydrogens is 180 g/mol. The Morgan fingerprint density at radius 1 is 1.27 bits per heavy atom. The third-order valence-corrected chi connectivity index (χ3v) is 2.67. The van der Waals surface area contributed by atoms with Crippen LogP contribution in [0.5, 0.6) is 0 Å². The third kappa shape index (κ3) is 2.50. The zero-order valence-electron chi connectivity index (χ0n) is 10.0. The lowest BCUT2D eigenvalue weighted by Crippen LogP contribution is -1.98. The normalized spacial score (nSPS) is 11.5. The number of benzene rings is 1. The first-order valence-electron chi connectivity index (χ1n) is 5.26. The molecule has 0 nitrogen and oxygen atoms in total. The topological polar surface area (TPSA) is 0 Å². The van der Waals surface area contributed by atoms with Crippen molar-refractivity contribution < 1.29 is 0 Å². The monoisotopic (exact) mass is 198 g/mol. The van der Waals surface area contributed by atoms with Gasteiger partial charge >= 0.3 is 0 Å². The summed E-state index contributed by atoms with van der Waals surface area (Å²) in [5, 5.41) is 0. The fourth-order valence-electron chi connectivity index (χ4n) is 2.03. The Kier molecular flexibility index (Phi) is 3.74. The molecule has 0 fully saturated rings. The second-order valence-corrected chi connectivity index (χ2v) is 3.92. The number of hydrogen-bond acceptors (Lipinski definition) is 0. The highest BCUT2D eigenvalue weighted by atomic mass is 14.1. The second-order valence-electron chi connectivity index (χ2n) is 3.92. The summed E-state index contributed by atoms with van der Waals surface area (Å²) in [5.41, 5.74) is 5.10. The van der Waals surface area contributed by atoms with E-state index in [0.717, 1.165) is 5.56 Å². The van der Waals surface area contributed by atoms with Crippen molar-refractivity contribution in [3.05, 3.63) is 47.0 Å². The number of rotatable bonds is 2. The third-order valence-electron chi connectivity index (χ3n) is 2.67. The zero-order valence-corrected chi connectivity index (χ0v) is 10.0. The van der Waals surface area contributed by atoms with Crippen LogP contribution >= 0.6 is 0 Å². The summed E-state index contributed by atoms with van der Waals surface area (Å²) in [5.74, 6) is 6.44. The van der Waals surface area contributed by atoms with Gasteiger partial charge in [-0.05, 0) is 55.5 Å². The van der Waals surface area contributed by atoms with Crippen LogP contribution in [0.4, 0.5) is 0 Å². The lowest BCUT2D eigenvalue weighted by atomic mass is 9.90. The molecule has 0 N–H and O–H groups in total. The molecule has 0 aromatic heterocycles. The first-order chi connectivity index (χ1) is 7.10. The van der Waals surface area contributed by atoms with E-state index in [0.29, 0.717) is 5.92 Å². The van der Waals surface area contributed by atoms with E-state index in [2.05, 4.69) is 51.3 Å². The maximum atomic E-state index is 3.85. The van der Waals surface area contributed by atoms with E-state index >= 15 is 0 Å². The predicted molar refractivity (Wildman–Crippen MR) is 67.1 cm³/mol. The fourth-order valence-corrected chi connectivity index (χ4v) is 2.03. The molecule has 0 aliphatic carbocycles. The Hall–Kier alpha value is -1.48. The van der Waals surface area contributed by atoms with Crippen molar-refractivity contribution in [3.8, 4) is 11.8 Å². The van der Waals surface area contributed by atoms with E-state index in [9.17, 15) is 0 Å². The summed E-state index contributed by atoms with van der Waals surface area (Å²) in [7, 11) is 0. The minimum absolute atomic E-state index is 0.411. The van der Waals surface area contributed by atoms with Crippen LogP contribution in [0.25, 0.3) is 0 Å². The summed E-state index contributed by atoms with van der Waals surface area (Å²) < 4.78 is 0. The Morgan fingerprint density at radius 3 is 2.20 bits per heavy atom. The van der Waals surface area contributed by atoms with Crippen LogP contribution in [-0.2, 0) is 0 Å². The number of allylic oxidation sites excluding steroid dienone is 1. The van der Waals surface area contributed by atoms with Crippen molar-refractivity contribution in [2.24, 2.45) is 0 Å². The Morgan fingerprint density at radius 2 is 1.80 bits per heavy atom. The van der Waals surface area contributed by atoms with Gasteiger partial charge < -0.3 is 0 Å². The average molecular weight is 198 g/mol. The molecule has 0 amide bonds. The van der Waals surface area contributed by atoms with E-state index in [-0.39, 0.29) is 0 Å². The van der Waals surface area contributed by atoms with Gasteiger partial charge in [0.25, 0.3) is 0 Å². The molecule has 15 heavy (non-hydrogen) atoms. The molecular formula is C15H18. The molecule has 1 aromatic rings. The molecule has 1 unspecified atom stereocenters. The maximum Gasteiger partial charge on any atom is 0.0250 e. The molecule has 0 spiro atoms. The van der Waals surface area contributed by atoms with E-state index < -0.39 is 0 Å². The van der Waals surface area contributed by atoms with Gasteiger partial charge in [-0.25, -0.2) is 0 Å². The maximum absolute atomic E-state index is 3.85. The average Bonchev–Trinajstić information content (AvgIpc) is 2.16. The zero-order chi connectivity index (χ0) is 11.4. The Bertz CT molecular complexity index is 404. The molecule has 78 valence electrons. The van der Waals surface area contributed by atoms with Crippen molar-refractivity contribution in [2.75, 3.05) is 0 Å². The summed E-state index contributed by atoms with van der Waals surface area (Å²) >= 11 is 0. The van der Waals surface area contributed by atoms with Crippen LogP contribution in [-0.4, -0.2) is 0 Å². The van der Waals surface area contributed by atoms with Crippen molar-refractivity contribution in [2.45, 2.75) is 33.6 Å². The molecule has 0 saturated heterocycles. The van der Waals surface area contributed by atoms with Crippen LogP contribution < -0.4 is 0 Å². The summed E-state index contributed by atoms with van der Waals surface area (Å²) in [6.07, 6.45) is 1.99. The molecule has 0 aliphatic heterocycles. The van der Waals surface area contributed by atoms with Gasteiger partial charge in [0, 0.05) is 5.56 Å². The molecule has 1 rings (SSSR count). The largest absolute Gasteiger partial charge is 0.102 e. The highest BCUT2D eigenvalue weighted by molar-refractivity contribution is 5.46. The molecule has 0 heterocycles. The van der Waals surface area contributed by atoms with Gasteiger partial charge in [-0.15, -0.1) is 12.5 Å². The molecule has 0 bridgehead atoms. The van der Waals surface area contributed by atoms with Gasteiger partial charge in [0.2, 0.25) is 0 Å². The van der Waals surface area contributed by atoms with Gasteiger partial charge in [-0.3, -0.25) is 0 Å². The summed E-state index contributed by atoms with van der Waals surface area (Å²) in [6, 6.07) is 4.30. The molecule has 0 saturated carbocycles. The van der Waals surface area contributed by atoms with E-state index in [1.807, 2.05) is 13.0 Å². The van der Waals surface area contributed by atoms with Gasteiger partial charge in [-0.1, -0.05) is 18.9 Å². The van der Waals surface area contributed by atoms with Gasteiger partial charge in [0.1, 0.15) is 0 Å². The second kappa shape index (κ2) is 4.84. The number of aryl methyl sites for hydroxylation is 2. The van der Waals surface area contributed by atoms with Crippen molar-refractivity contribution in [1.82, 2.24) is 0 Å². The lowest BCUT2D eigenvalue weighted by molar-refractivity contribution is 0.939. The first kappa shape index (κ1) is 11.6. The fraction of sp³-hybridized carbons (Fsp3) is 0.333. The van der Waals surface area contributed by atoms with Crippen molar-refractivity contribution in [3.63, 3.8) is 0 Å². The highest BCUT2D eigenvalue weighted by Gasteiger charge is 2.08. The molecule has 0 aliphatic rings. The van der Waals surface area contributed by atoms with Crippen LogP contribution in [0, 0.1) is 25.7 Å². The first-order valence-corrected chi connectivity index (χ1v) is 5.26. The van der Waals surface area contributed by atoms with Gasteiger partial charge in [0.05, 0.1) is 0 Å². The Balaban J connectivity index is 3.30. The van der Waals surface area contributed by atoms with Crippen LogP contribution in [0.1, 0.15) is 42.0 Å². The van der Waals surface area contributed by atoms with Crippen LogP contribution in [0.3, 0.4) is 0 Å². The van der Waals surface area contributed by atoms with E-state index in [4.69, 9.17) is 0 Å². The number of hydrogen-bond donors (Lipinski definition) is 0. The summed E-state index contributed by atoms with van der Waals surface area (Å²) in [4.78, 5) is 0. The summed E-state index contributed by atoms with van der Waals surface area (Å²) in [6.45, 7) is 12.2. The molecule has 0 radical (unpaired) electrons.